The summed E-state index contributed by atoms with van der Waals surface area (Å²) in [4.78, 5) is 3.97. The lowest BCUT2D eigenvalue weighted by Gasteiger charge is -2.09. The van der Waals surface area contributed by atoms with Gasteiger partial charge < -0.3 is 4.74 Å². The molecular weight excluding hydrogens is 241 g/mol. The quantitative estimate of drug-likeness (QED) is 0.768. The van der Waals surface area contributed by atoms with Gasteiger partial charge in [-0.2, -0.15) is 0 Å². The molecule has 0 aliphatic heterocycles. The average molecular weight is 252 g/mol. The molecule has 0 N–H and O–H groups in total. The van der Waals surface area contributed by atoms with Crippen LogP contribution in [0.25, 0.3) is 0 Å². The van der Waals surface area contributed by atoms with Crippen molar-refractivity contribution in [2.24, 2.45) is 0 Å². The molecule has 0 atom stereocenters. The van der Waals surface area contributed by atoms with Gasteiger partial charge in [-0.05, 0) is 36.8 Å². The number of alkyl halides is 1. The van der Waals surface area contributed by atoms with Crippen LogP contribution in [0.5, 0.6) is 11.5 Å². The Morgan fingerprint density at radius 1 is 1.35 bits per heavy atom. The molecule has 0 aliphatic carbocycles. The molecule has 17 heavy (non-hydrogen) atoms. The van der Waals surface area contributed by atoms with Crippen LogP contribution in [0.15, 0.2) is 36.7 Å². The van der Waals surface area contributed by atoms with Crippen molar-refractivity contribution < 1.29 is 9.13 Å². The standard InChI is InChI=1S/C13H11ClFNO/c1-9-6-11(2-3-12(9)15)17-13-4-5-16-8-10(13)7-14/h2-6,8H,7H2,1H3. The number of benzene rings is 1. The predicted octanol–water partition coefficient (Wildman–Crippen LogP) is 4.06. The fourth-order valence-electron chi connectivity index (χ4n) is 1.42. The molecule has 0 aliphatic rings. The molecule has 0 amide bonds. The first-order chi connectivity index (χ1) is 8.20. The molecule has 2 rings (SSSR count). The highest BCUT2D eigenvalue weighted by atomic mass is 35.5. The molecule has 2 nitrogen and oxygen atoms in total. The Bertz CT molecular complexity index is 531. The number of rotatable bonds is 3. The van der Waals surface area contributed by atoms with Crippen molar-refractivity contribution in [2.45, 2.75) is 12.8 Å². The summed E-state index contributed by atoms with van der Waals surface area (Å²) < 4.78 is 18.7. The lowest BCUT2D eigenvalue weighted by atomic mass is 10.2. The van der Waals surface area contributed by atoms with Crippen molar-refractivity contribution in [2.75, 3.05) is 0 Å². The summed E-state index contributed by atoms with van der Waals surface area (Å²) in [5, 5.41) is 0. The minimum atomic E-state index is -0.246. The lowest BCUT2D eigenvalue weighted by Crippen LogP contribution is -1.91. The summed E-state index contributed by atoms with van der Waals surface area (Å²) in [6.07, 6.45) is 3.28. The van der Waals surface area contributed by atoms with Gasteiger partial charge in [0.2, 0.25) is 0 Å². The number of hydrogen-bond acceptors (Lipinski definition) is 2. The molecule has 0 radical (unpaired) electrons. The van der Waals surface area contributed by atoms with Crippen LogP contribution in [0.3, 0.4) is 0 Å². The Balaban J connectivity index is 2.28. The van der Waals surface area contributed by atoms with Crippen LogP contribution < -0.4 is 4.74 Å². The van der Waals surface area contributed by atoms with Crippen molar-refractivity contribution >= 4 is 11.6 Å². The third kappa shape index (κ3) is 2.74. The summed E-state index contributed by atoms with van der Waals surface area (Å²) in [6.45, 7) is 1.69. The van der Waals surface area contributed by atoms with Crippen LogP contribution >= 0.6 is 11.6 Å². The third-order valence-electron chi connectivity index (χ3n) is 2.36. The van der Waals surface area contributed by atoms with Crippen LogP contribution in [-0.4, -0.2) is 4.98 Å². The number of hydrogen-bond donors (Lipinski definition) is 0. The summed E-state index contributed by atoms with van der Waals surface area (Å²) in [5.41, 5.74) is 1.35. The SMILES string of the molecule is Cc1cc(Oc2ccncc2CCl)ccc1F. The topological polar surface area (TPSA) is 22.1 Å². The van der Waals surface area contributed by atoms with Gasteiger partial charge in [0.05, 0.1) is 5.88 Å². The molecule has 1 aromatic heterocycles. The summed E-state index contributed by atoms with van der Waals surface area (Å²) in [6, 6.07) is 6.34. The first kappa shape index (κ1) is 11.9. The first-order valence-electron chi connectivity index (χ1n) is 5.13. The molecule has 0 spiro atoms. The van der Waals surface area contributed by atoms with E-state index in [0.29, 0.717) is 22.9 Å². The van der Waals surface area contributed by atoms with Crippen LogP contribution in [-0.2, 0) is 5.88 Å². The van der Waals surface area contributed by atoms with E-state index in [-0.39, 0.29) is 5.82 Å². The molecule has 88 valence electrons. The van der Waals surface area contributed by atoms with Gasteiger partial charge in [-0.3, -0.25) is 4.98 Å². The van der Waals surface area contributed by atoms with Crippen LogP contribution in [0.1, 0.15) is 11.1 Å². The second-order valence-electron chi connectivity index (χ2n) is 3.63. The fraction of sp³-hybridized carbons (Fsp3) is 0.154. The average Bonchev–Trinajstić information content (AvgIpc) is 2.34. The van der Waals surface area contributed by atoms with E-state index in [2.05, 4.69) is 4.98 Å². The van der Waals surface area contributed by atoms with Gasteiger partial charge in [0.15, 0.2) is 0 Å². The Morgan fingerprint density at radius 2 is 2.18 bits per heavy atom. The zero-order valence-corrected chi connectivity index (χ0v) is 10.0. The fourth-order valence-corrected chi connectivity index (χ4v) is 1.62. The maximum Gasteiger partial charge on any atom is 0.134 e. The van der Waals surface area contributed by atoms with E-state index in [1.807, 2.05) is 0 Å². The summed E-state index contributed by atoms with van der Waals surface area (Å²) in [5.74, 6) is 1.30. The highest BCUT2D eigenvalue weighted by Crippen LogP contribution is 2.26. The van der Waals surface area contributed by atoms with Crippen molar-refractivity contribution in [1.82, 2.24) is 4.98 Å². The van der Waals surface area contributed by atoms with E-state index >= 15 is 0 Å². The van der Waals surface area contributed by atoms with Gasteiger partial charge >= 0.3 is 0 Å². The van der Waals surface area contributed by atoms with Crippen molar-refractivity contribution in [1.29, 1.82) is 0 Å². The molecule has 2 aromatic rings. The Kier molecular flexibility index (Phi) is 3.59. The van der Waals surface area contributed by atoms with Crippen molar-refractivity contribution in [3.8, 4) is 11.5 Å². The predicted molar refractivity (Wildman–Crippen MR) is 65.0 cm³/mol. The van der Waals surface area contributed by atoms with E-state index in [4.69, 9.17) is 16.3 Å². The monoisotopic (exact) mass is 251 g/mol. The van der Waals surface area contributed by atoms with Crippen molar-refractivity contribution in [3.63, 3.8) is 0 Å². The normalized spacial score (nSPS) is 10.3. The largest absolute Gasteiger partial charge is 0.457 e. The van der Waals surface area contributed by atoms with Crippen molar-refractivity contribution in [3.05, 3.63) is 53.6 Å². The molecular formula is C13H11ClFNO. The second kappa shape index (κ2) is 5.15. The Labute approximate surface area is 104 Å². The number of aryl methyl sites for hydroxylation is 1. The molecule has 0 bridgehead atoms. The number of aromatic nitrogens is 1. The molecule has 0 fully saturated rings. The smallest absolute Gasteiger partial charge is 0.134 e. The zero-order chi connectivity index (χ0) is 12.3. The molecule has 0 saturated heterocycles. The van der Waals surface area contributed by atoms with E-state index in [1.165, 1.54) is 6.07 Å². The van der Waals surface area contributed by atoms with E-state index < -0.39 is 0 Å². The second-order valence-corrected chi connectivity index (χ2v) is 3.90. The van der Waals surface area contributed by atoms with Gasteiger partial charge in [0.25, 0.3) is 0 Å². The van der Waals surface area contributed by atoms with Crippen LogP contribution in [0, 0.1) is 12.7 Å². The highest BCUT2D eigenvalue weighted by molar-refractivity contribution is 6.17. The maximum atomic E-state index is 13.1. The summed E-state index contributed by atoms with van der Waals surface area (Å²) in [7, 11) is 0. The number of nitrogens with zero attached hydrogens (tertiary/aromatic N) is 1. The van der Waals surface area contributed by atoms with Gasteiger partial charge in [0.1, 0.15) is 17.3 Å². The zero-order valence-electron chi connectivity index (χ0n) is 9.28. The number of pyridine rings is 1. The molecule has 1 aromatic carbocycles. The van der Waals surface area contributed by atoms with Gasteiger partial charge in [0, 0.05) is 18.0 Å². The van der Waals surface area contributed by atoms with Gasteiger partial charge in [-0.25, -0.2) is 4.39 Å². The van der Waals surface area contributed by atoms with Gasteiger partial charge in [-0.15, -0.1) is 11.6 Å². The van der Waals surface area contributed by atoms with Gasteiger partial charge in [-0.1, -0.05) is 0 Å². The molecule has 0 unspecified atom stereocenters. The molecule has 4 heteroatoms. The third-order valence-corrected chi connectivity index (χ3v) is 2.65. The Morgan fingerprint density at radius 3 is 2.88 bits per heavy atom. The molecule has 0 saturated carbocycles. The minimum absolute atomic E-state index is 0.246. The minimum Gasteiger partial charge on any atom is -0.457 e. The van der Waals surface area contributed by atoms with Crippen LogP contribution in [0.2, 0.25) is 0 Å². The highest BCUT2D eigenvalue weighted by Gasteiger charge is 2.05. The van der Waals surface area contributed by atoms with E-state index in [0.717, 1.165) is 5.56 Å². The van der Waals surface area contributed by atoms with E-state index in [9.17, 15) is 4.39 Å². The van der Waals surface area contributed by atoms with E-state index in [1.54, 1.807) is 37.5 Å². The molecule has 1 heterocycles. The number of halogens is 2. The Hall–Kier alpha value is -1.61. The number of ether oxygens (including phenoxy) is 1. The summed E-state index contributed by atoms with van der Waals surface area (Å²) >= 11 is 5.77. The lowest BCUT2D eigenvalue weighted by molar-refractivity contribution is 0.474. The van der Waals surface area contributed by atoms with Crippen LogP contribution in [0.4, 0.5) is 4.39 Å². The first-order valence-corrected chi connectivity index (χ1v) is 5.67. The maximum absolute atomic E-state index is 13.1.